The average molecular weight is 282 g/mol. The molecule has 0 aromatic heterocycles. The number of likely N-dealkylation sites (tertiary alicyclic amines) is 2. The number of nitrogens with zero attached hydrogens (tertiary/aromatic N) is 2. The molecule has 0 saturated carbocycles. The number of hydrogen-bond acceptors (Lipinski definition) is 2. The molecule has 0 spiro atoms. The fraction of sp³-hybridized carbons (Fsp3) is 0.867. The van der Waals surface area contributed by atoms with Crippen molar-refractivity contribution in [1.29, 1.82) is 0 Å². The molecule has 2 heterocycles. The number of urea groups is 1. The highest BCUT2D eigenvalue weighted by molar-refractivity contribution is 5.84. The van der Waals surface area contributed by atoms with E-state index in [2.05, 4.69) is 6.92 Å². The molecule has 0 radical (unpaired) electrons. The predicted octanol–water partition coefficient (Wildman–Crippen LogP) is 2.56. The topological polar surface area (TPSA) is 60.9 Å². The van der Waals surface area contributed by atoms with Crippen molar-refractivity contribution in [3.8, 4) is 0 Å². The number of carbonyl (C=O) groups excluding carboxylic acids is 1. The van der Waals surface area contributed by atoms with Crippen LogP contribution in [0.25, 0.3) is 0 Å². The second-order valence-electron chi connectivity index (χ2n) is 6.71. The summed E-state index contributed by atoms with van der Waals surface area (Å²) >= 11 is 0. The van der Waals surface area contributed by atoms with Crippen LogP contribution in [0.4, 0.5) is 4.79 Å². The van der Waals surface area contributed by atoms with Gasteiger partial charge in [0.25, 0.3) is 0 Å². The van der Waals surface area contributed by atoms with E-state index in [1.807, 2.05) is 18.7 Å². The van der Waals surface area contributed by atoms with Crippen LogP contribution in [-0.2, 0) is 4.79 Å². The quantitative estimate of drug-likeness (QED) is 0.846. The summed E-state index contributed by atoms with van der Waals surface area (Å²) in [6, 6.07) is -0.502. The van der Waals surface area contributed by atoms with E-state index in [-0.39, 0.29) is 17.5 Å². The zero-order valence-corrected chi connectivity index (χ0v) is 12.8. The van der Waals surface area contributed by atoms with E-state index < -0.39 is 12.0 Å². The van der Waals surface area contributed by atoms with Crippen LogP contribution >= 0.6 is 0 Å². The number of carboxylic acid groups (broad SMARTS) is 1. The van der Waals surface area contributed by atoms with Gasteiger partial charge in [-0.1, -0.05) is 20.8 Å². The second-order valence-corrected chi connectivity index (χ2v) is 6.71. The Bertz CT molecular complexity index is 395. The zero-order chi connectivity index (χ0) is 14.9. The lowest BCUT2D eigenvalue weighted by atomic mass is 9.76. The standard InChI is InChI=1S/C15H26N2O3/c1-4-11-7-5-9-16(11)14(20)17-10-6-8-15(2,3)12(17)13(18)19/h11-12H,4-10H2,1-3H3,(H,18,19). The smallest absolute Gasteiger partial charge is 0.327 e. The maximum Gasteiger partial charge on any atom is 0.327 e. The number of piperidine rings is 1. The van der Waals surface area contributed by atoms with E-state index in [1.165, 1.54) is 0 Å². The fourth-order valence-corrected chi connectivity index (χ4v) is 3.74. The Kier molecular flexibility index (Phi) is 4.25. The zero-order valence-electron chi connectivity index (χ0n) is 12.8. The Labute approximate surface area is 120 Å². The third kappa shape index (κ3) is 2.63. The number of aliphatic carboxylic acids is 1. The SMILES string of the molecule is CCC1CCCN1C(=O)N1CCCC(C)(C)C1C(=O)O. The van der Waals surface area contributed by atoms with E-state index in [1.54, 1.807) is 4.90 Å². The molecule has 1 N–H and O–H groups in total. The van der Waals surface area contributed by atoms with E-state index in [9.17, 15) is 14.7 Å². The molecular weight excluding hydrogens is 256 g/mol. The Morgan fingerprint density at radius 2 is 1.85 bits per heavy atom. The molecular formula is C15H26N2O3. The van der Waals surface area contributed by atoms with E-state index in [0.717, 1.165) is 38.6 Å². The van der Waals surface area contributed by atoms with Crippen LogP contribution in [0, 0.1) is 5.41 Å². The van der Waals surface area contributed by atoms with Gasteiger partial charge in [-0.2, -0.15) is 0 Å². The number of carbonyl (C=O) groups is 2. The third-order valence-electron chi connectivity index (χ3n) is 4.85. The Hall–Kier alpha value is -1.26. The normalized spacial score (nSPS) is 29.6. The summed E-state index contributed by atoms with van der Waals surface area (Å²) in [5, 5.41) is 9.55. The maximum atomic E-state index is 12.8. The van der Waals surface area contributed by atoms with Gasteiger partial charge in [-0.25, -0.2) is 9.59 Å². The highest BCUT2D eigenvalue weighted by atomic mass is 16.4. The van der Waals surface area contributed by atoms with Crippen LogP contribution in [0.1, 0.15) is 52.9 Å². The lowest BCUT2D eigenvalue weighted by molar-refractivity contribution is -0.148. The van der Waals surface area contributed by atoms with Gasteiger partial charge in [-0.3, -0.25) is 0 Å². The molecule has 2 atom stereocenters. The van der Waals surface area contributed by atoms with Crippen molar-refractivity contribution in [1.82, 2.24) is 9.80 Å². The summed E-state index contributed by atoms with van der Waals surface area (Å²) < 4.78 is 0. The summed E-state index contributed by atoms with van der Waals surface area (Å²) in [6.07, 6.45) is 4.75. The summed E-state index contributed by atoms with van der Waals surface area (Å²) in [4.78, 5) is 27.9. The highest BCUT2D eigenvalue weighted by Crippen LogP contribution is 2.36. The van der Waals surface area contributed by atoms with Gasteiger partial charge in [0.2, 0.25) is 0 Å². The van der Waals surface area contributed by atoms with Crippen LogP contribution in [-0.4, -0.2) is 52.1 Å². The van der Waals surface area contributed by atoms with Gasteiger partial charge in [0, 0.05) is 19.1 Å². The molecule has 0 aliphatic carbocycles. The highest BCUT2D eigenvalue weighted by Gasteiger charge is 2.46. The monoisotopic (exact) mass is 282 g/mol. The minimum Gasteiger partial charge on any atom is -0.480 e. The van der Waals surface area contributed by atoms with Crippen LogP contribution in [0.2, 0.25) is 0 Å². The van der Waals surface area contributed by atoms with Crippen molar-refractivity contribution >= 4 is 12.0 Å². The Morgan fingerprint density at radius 3 is 2.45 bits per heavy atom. The van der Waals surface area contributed by atoms with E-state index in [0.29, 0.717) is 6.54 Å². The molecule has 2 aliphatic heterocycles. The third-order valence-corrected chi connectivity index (χ3v) is 4.85. The lowest BCUT2D eigenvalue weighted by Gasteiger charge is -2.45. The van der Waals surface area contributed by atoms with Crippen molar-refractivity contribution in [2.45, 2.75) is 65.0 Å². The van der Waals surface area contributed by atoms with Crippen LogP contribution in [0.5, 0.6) is 0 Å². The lowest BCUT2D eigenvalue weighted by Crippen LogP contribution is -2.59. The van der Waals surface area contributed by atoms with Crippen molar-refractivity contribution < 1.29 is 14.7 Å². The van der Waals surface area contributed by atoms with E-state index in [4.69, 9.17) is 0 Å². The number of carboxylic acids is 1. The van der Waals surface area contributed by atoms with Gasteiger partial charge >= 0.3 is 12.0 Å². The van der Waals surface area contributed by atoms with Crippen LogP contribution in [0.15, 0.2) is 0 Å². The predicted molar refractivity (Wildman–Crippen MR) is 76.6 cm³/mol. The van der Waals surface area contributed by atoms with E-state index >= 15 is 0 Å². The Morgan fingerprint density at radius 1 is 1.20 bits per heavy atom. The first-order valence-electron chi connectivity index (χ1n) is 7.68. The van der Waals surface area contributed by atoms with Gasteiger partial charge in [-0.05, 0) is 37.5 Å². The molecule has 0 bridgehead atoms. The molecule has 5 nitrogen and oxygen atoms in total. The molecule has 0 aromatic rings. The molecule has 2 fully saturated rings. The largest absolute Gasteiger partial charge is 0.480 e. The fourth-order valence-electron chi connectivity index (χ4n) is 3.74. The van der Waals surface area contributed by atoms with Crippen molar-refractivity contribution in [3.63, 3.8) is 0 Å². The van der Waals surface area contributed by atoms with Crippen LogP contribution in [0.3, 0.4) is 0 Å². The van der Waals surface area contributed by atoms with Gasteiger partial charge in [-0.15, -0.1) is 0 Å². The average Bonchev–Trinajstić information content (AvgIpc) is 2.84. The van der Waals surface area contributed by atoms with Gasteiger partial charge in [0.15, 0.2) is 0 Å². The molecule has 5 heteroatoms. The van der Waals surface area contributed by atoms with Crippen molar-refractivity contribution in [3.05, 3.63) is 0 Å². The first kappa shape index (κ1) is 15.1. The van der Waals surface area contributed by atoms with Crippen molar-refractivity contribution in [2.75, 3.05) is 13.1 Å². The molecule has 2 saturated heterocycles. The minimum absolute atomic E-state index is 0.0745. The molecule has 2 amide bonds. The summed E-state index contributed by atoms with van der Waals surface area (Å²) in [5.41, 5.74) is -0.360. The number of amides is 2. The minimum atomic E-state index is -0.879. The van der Waals surface area contributed by atoms with Gasteiger partial charge < -0.3 is 14.9 Å². The second kappa shape index (κ2) is 5.62. The maximum absolute atomic E-state index is 12.8. The summed E-state index contributed by atoms with van der Waals surface area (Å²) in [7, 11) is 0. The molecule has 2 rings (SSSR count). The summed E-state index contributed by atoms with van der Waals surface area (Å²) in [6.45, 7) is 7.32. The first-order valence-corrected chi connectivity index (χ1v) is 7.68. The van der Waals surface area contributed by atoms with Gasteiger partial charge in [0.05, 0.1) is 0 Å². The van der Waals surface area contributed by atoms with Gasteiger partial charge in [0.1, 0.15) is 6.04 Å². The first-order chi connectivity index (χ1) is 9.38. The number of hydrogen-bond donors (Lipinski definition) is 1. The molecule has 2 aliphatic rings. The molecule has 2 unspecified atom stereocenters. The van der Waals surface area contributed by atoms with Crippen LogP contribution < -0.4 is 0 Å². The molecule has 20 heavy (non-hydrogen) atoms. The summed E-state index contributed by atoms with van der Waals surface area (Å²) in [5.74, 6) is -0.879. The molecule has 0 aromatic carbocycles. The Balaban J connectivity index is 2.20. The molecule has 114 valence electrons. The van der Waals surface area contributed by atoms with Crippen molar-refractivity contribution in [2.24, 2.45) is 5.41 Å². The number of rotatable bonds is 2.